The zero-order chi connectivity index (χ0) is 15.1. The van der Waals surface area contributed by atoms with Crippen LogP contribution in [0.15, 0.2) is 42.5 Å². The fraction of sp³-hybridized carbons (Fsp3) is 0.278. The predicted octanol–water partition coefficient (Wildman–Crippen LogP) is 3.51. The number of anilines is 2. The van der Waals surface area contributed by atoms with E-state index in [1.54, 1.807) is 0 Å². The molecule has 4 nitrogen and oxygen atoms in total. The third kappa shape index (κ3) is 2.21. The molecule has 2 heterocycles. The molecule has 0 aromatic heterocycles. The average molecular weight is 294 g/mol. The molecule has 2 N–H and O–H groups in total. The number of ether oxygens (including phenoxy) is 1. The van der Waals surface area contributed by atoms with Crippen molar-refractivity contribution in [2.75, 3.05) is 10.6 Å². The molecule has 0 aliphatic carbocycles. The predicted molar refractivity (Wildman–Crippen MR) is 86.3 cm³/mol. The second kappa shape index (κ2) is 5.05. The van der Waals surface area contributed by atoms with Crippen LogP contribution in [0.2, 0.25) is 0 Å². The minimum Gasteiger partial charge on any atom is -0.485 e. The van der Waals surface area contributed by atoms with Crippen molar-refractivity contribution in [1.82, 2.24) is 0 Å². The molecule has 2 aromatic rings. The maximum Gasteiger partial charge on any atom is 0.226 e. The van der Waals surface area contributed by atoms with E-state index in [1.165, 1.54) is 5.56 Å². The van der Waals surface area contributed by atoms with Crippen molar-refractivity contribution in [2.45, 2.75) is 31.9 Å². The molecule has 112 valence electrons. The Labute approximate surface area is 129 Å². The van der Waals surface area contributed by atoms with Gasteiger partial charge < -0.3 is 15.4 Å². The Morgan fingerprint density at radius 3 is 2.82 bits per heavy atom. The maximum absolute atomic E-state index is 11.9. The van der Waals surface area contributed by atoms with Crippen LogP contribution in [0.1, 0.15) is 30.6 Å². The summed E-state index contributed by atoms with van der Waals surface area (Å²) in [5.74, 6) is 1.00. The van der Waals surface area contributed by atoms with E-state index in [0.29, 0.717) is 6.42 Å². The van der Waals surface area contributed by atoms with E-state index in [0.717, 1.165) is 29.1 Å². The quantitative estimate of drug-likeness (QED) is 0.846. The van der Waals surface area contributed by atoms with Gasteiger partial charge in [-0.25, -0.2) is 0 Å². The fourth-order valence-electron chi connectivity index (χ4n) is 3.24. The molecular formula is C18H18N2O2. The van der Waals surface area contributed by atoms with Gasteiger partial charge in [0.15, 0.2) is 0 Å². The summed E-state index contributed by atoms with van der Waals surface area (Å²) in [6.45, 7) is 2.02. The summed E-state index contributed by atoms with van der Waals surface area (Å²) in [5, 5.41) is 6.44. The Morgan fingerprint density at radius 2 is 1.95 bits per heavy atom. The molecule has 0 bridgehead atoms. The number of rotatable bonds is 1. The Morgan fingerprint density at radius 1 is 1.09 bits per heavy atom. The topological polar surface area (TPSA) is 50.4 Å². The summed E-state index contributed by atoms with van der Waals surface area (Å²) in [6, 6.07) is 14.2. The summed E-state index contributed by atoms with van der Waals surface area (Å²) in [6.07, 6.45) is 1.32. The van der Waals surface area contributed by atoms with Crippen LogP contribution < -0.4 is 15.4 Å². The van der Waals surface area contributed by atoms with Crippen molar-refractivity contribution in [1.29, 1.82) is 0 Å². The van der Waals surface area contributed by atoms with E-state index in [9.17, 15) is 4.79 Å². The van der Waals surface area contributed by atoms with Crippen molar-refractivity contribution in [2.24, 2.45) is 0 Å². The molecule has 0 fully saturated rings. The molecular weight excluding hydrogens is 276 g/mol. The number of benzene rings is 2. The number of carbonyl (C=O) groups excluding carboxylic acids is 1. The van der Waals surface area contributed by atoms with Gasteiger partial charge in [-0.15, -0.1) is 0 Å². The molecule has 2 aliphatic heterocycles. The van der Waals surface area contributed by atoms with Gasteiger partial charge >= 0.3 is 0 Å². The van der Waals surface area contributed by atoms with Gasteiger partial charge in [-0.1, -0.05) is 30.3 Å². The zero-order valence-corrected chi connectivity index (χ0v) is 12.4. The first-order valence-electron chi connectivity index (χ1n) is 7.64. The van der Waals surface area contributed by atoms with Crippen molar-refractivity contribution in [3.05, 3.63) is 53.6 Å². The highest BCUT2D eigenvalue weighted by Gasteiger charge is 2.29. The number of nitrogens with one attached hydrogen (secondary N) is 2. The second-order valence-electron chi connectivity index (χ2n) is 5.99. The first-order valence-corrected chi connectivity index (χ1v) is 7.64. The van der Waals surface area contributed by atoms with Gasteiger partial charge in [-0.2, -0.15) is 0 Å². The molecule has 4 heteroatoms. The lowest BCUT2D eigenvalue weighted by Crippen LogP contribution is -2.19. The highest BCUT2D eigenvalue weighted by atomic mass is 16.5. The lowest BCUT2D eigenvalue weighted by Gasteiger charge is -2.20. The van der Waals surface area contributed by atoms with Gasteiger partial charge in [0.2, 0.25) is 5.91 Å². The van der Waals surface area contributed by atoms with E-state index in [2.05, 4.69) is 22.8 Å². The number of hydrogen-bond donors (Lipinski definition) is 2. The van der Waals surface area contributed by atoms with Crippen LogP contribution in [0.5, 0.6) is 5.75 Å². The van der Waals surface area contributed by atoms with E-state index >= 15 is 0 Å². The van der Waals surface area contributed by atoms with Crippen molar-refractivity contribution in [3.8, 4) is 5.75 Å². The highest BCUT2D eigenvalue weighted by molar-refractivity contribution is 5.97. The molecule has 2 atom stereocenters. The molecule has 2 aromatic carbocycles. The smallest absolute Gasteiger partial charge is 0.226 e. The van der Waals surface area contributed by atoms with E-state index < -0.39 is 0 Å². The standard InChI is InChI=1S/C18H18N2O2/c1-11-9-17(21)20-14-7-4-6-13(18(14)19-11)16-10-12-5-2-3-8-15(12)22-16/h2-8,11,16,19H,9-10H2,1H3,(H,20,21)/t11-,16?/m1/s1. The van der Waals surface area contributed by atoms with Crippen LogP contribution >= 0.6 is 0 Å². The molecule has 0 saturated heterocycles. The maximum atomic E-state index is 11.9. The van der Waals surface area contributed by atoms with Crippen molar-refractivity contribution in [3.63, 3.8) is 0 Å². The lowest BCUT2D eigenvalue weighted by atomic mass is 10.0. The van der Waals surface area contributed by atoms with Gasteiger partial charge in [0.25, 0.3) is 0 Å². The number of fused-ring (bicyclic) bond motifs is 2. The average Bonchev–Trinajstić information content (AvgIpc) is 2.85. The summed E-state index contributed by atoms with van der Waals surface area (Å²) in [5.41, 5.74) is 4.16. The monoisotopic (exact) mass is 294 g/mol. The minimum absolute atomic E-state index is 0.0120. The minimum atomic E-state index is -0.0120. The first kappa shape index (κ1) is 13.2. The van der Waals surface area contributed by atoms with Gasteiger partial charge in [0.1, 0.15) is 11.9 Å². The Balaban J connectivity index is 1.72. The van der Waals surface area contributed by atoms with E-state index in [4.69, 9.17) is 4.74 Å². The van der Waals surface area contributed by atoms with Crippen molar-refractivity contribution < 1.29 is 9.53 Å². The molecule has 0 spiro atoms. The Kier molecular flexibility index (Phi) is 3.03. The second-order valence-corrected chi connectivity index (χ2v) is 5.99. The summed E-state index contributed by atoms with van der Waals surface area (Å²) >= 11 is 0. The third-order valence-corrected chi connectivity index (χ3v) is 4.25. The lowest BCUT2D eigenvalue weighted by molar-refractivity contribution is -0.116. The summed E-state index contributed by atoms with van der Waals surface area (Å²) < 4.78 is 6.11. The molecule has 2 aliphatic rings. The van der Waals surface area contributed by atoms with Crippen LogP contribution in [-0.4, -0.2) is 11.9 Å². The number of para-hydroxylation sites is 2. The van der Waals surface area contributed by atoms with Crippen LogP contribution in [0.3, 0.4) is 0 Å². The third-order valence-electron chi connectivity index (χ3n) is 4.25. The largest absolute Gasteiger partial charge is 0.485 e. The van der Waals surface area contributed by atoms with E-state index in [1.807, 2.05) is 37.3 Å². The van der Waals surface area contributed by atoms with Gasteiger partial charge in [-0.3, -0.25) is 4.79 Å². The van der Waals surface area contributed by atoms with Crippen LogP contribution in [0.25, 0.3) is 0 Å². The SMILES string of the molecule is C[C@@H]1CC(=O)Nc2cccc(C3Cc4ccccc4O3)c2N1. The Hall–Kier alpha value is -2.49. The number of hydrogen-bond acceptors (Lipinski definition) is 3. The van der Waals surface area contributed by atoms with Crippen LogP contribution in [0.4, 0.5) is 11.4 Å². The molecule has 4 rings (SSSR count). The van der Waals surface area contributed by atoms with Gasteiger partial charge in [0, 0.05) is 24.4 Å². The molecule has 1 unspecified atom stereocenters. The fourth-order valence-corrected chi connectivity index (χ4v) is 3.24. The zero-order valence-electron chi connectivity index (χ0n) is 12.4. The molecule has 0 saturated carbocycles. The van der Waals surface area contributed by atoms with Crippen molar-refractivity contribution >= 4 is 17.3 Å². The van der Waals surface area contributed by atoms with Crippen LogP contribution in [0, 0.1) is 0 Å². The number of carbonyl (C=O) groups is 1. The van der Waals surface area contributed by atoms with Gasteiger partial charge in [0.05, 0.1) is 11.4 Å². The normalized spacial score (nSPS) is 22.7. The van der Waals surface area contributed by atoms with Gasteiger partial charge in [-0.05, 0) is 24.6 Å². The highest BCUT2D eigenvalue weighted by Crippen LogP contribution is 2.41. The van der Waals surface area contributed by atoms with E-state index in [-0.39, 0.29) is 18.1 Å². The molecule has 22 heavy (non-hydrogen) atoms. The summed E-state index contributed by atoms with van der Waals surface area (Å²) in [4.78, 5) is 11.9. The summed E-state index contributed by atoms with van der Waals surface area (Å²) in [7, 11) is 0. The van der Waals surface area contributed by atoms with Crippen LogP contribution in [-0.2, 0) is 11.2 Å². The number of amides is 1. The molecule has 0 radical (unpaired) electrons. The Bertz CT molecular complexity index is 717. The molecule has 1 amide bonds. The first-order chi connectivity index (χ1) is 10.7.